The largest absolute Gasteiger partial charge is 0.492 e. The molecule has 1 atom stereocenters. The number of ether oxygens (including phenoxy) is 2. The van der Waals surface area contributed by atoms with Crippen molar-refractivity contribution >= 4 is 29.9 Å². The Hall–Kier alpha value is -1.06. The number of nitrogens with one attached hydrogen (secondary N) is 1. The second kappa shape index (κ2) is 11.2. The number of nitrogens with zero attached hydrogens (tertiary/aromatic N) is 3. The van der Waals surface area contributed by atoms with Crippen molar-refractivity contribution in [1.82, 2.24) is 15.1 Å². The molecule has 0 amide bonds. The summed E-state index contributed by atoms with van der Waals surface area (Å²) in [5.74, 6) is 1.94. The fraction of sp³-hybridized carbons (Fsp3) is 0.667. The number of likely N-dealkylation sites (N-methyl/N-ethyl adjacent to an activating group) is 1. The van der Waals surface area contributed by atoms with Crippen molar-refractivity contribution in [3.63, 3.8) is 0 Å². The Balaban J connectivity index is 0.00000280. The normalized spacial score (nSPS) is 22.0. The molecule has 1 spiro atoms. The van der Waals surface area contributed by atoms with Crippen LogP contribution in [0.2, 0.25) is 0 Å². The van der Waals surface area contributed by atoms with Crippen molar-refractivity contribution in [3.8, 4) is 5.75 Å². The van der Waals surface area contributed by atoms with Crippen LogP contribution >= 0.6 is 24.0 Å². The first-order valence-corrected chi connectivity index (χ1v) is 10.1. The average molecular weight is 502 g/mol. The van der Waals surface area contributed by atoms with Gasteiger partial charge in [-0.3, -0.25) is 0 Å². The number of guanidine groups is 1. The van der Waals surface area contributed by atoms with Gasteiger partial charge < -0.3 is 24.6 Å². The first-order chi connectivity index (χ1) is 13.1. The van der Waals surface area contributed by atoms with E-state index < -0.39 is 0 Å². The van der Waals surface area contributed by atoms with Crippen LogP contribution in [-0.2, 0) is 11.3 Å². The van der Waals surface area contributed by atoms with Crippen LogP contribution in [0.25, 0.3) is 0 Å². The molecular formula is C21H35IN4O2. The molecule has 2 aliphatic heterocycles. The molecule has 2 aliphatic rings. The quantitative estimate of drug-likeness (QED) is 0.353. The van der Waals surface area contributed by atoms with Crippen LogP contribution in [0, 0.1) is 5.41 Å². The van der Waals surface area contributed by atoms with Gasteiger partial charge in [-0.05, 0) is 39.9 Å². The van der Waals surface area contributed by atoms with E-state index in [1.165, 1.54) is 12.8 Å². The van der Waals surface area contributed by atoms with E-state index in [9.17, 15) is 0 Å². The molecule has 0 saturated carbocycles. The number of rotatable bonds is 7. The minimum atomic E-state index is 0. The first-order valence-electron chi connectivity index (χ1n) is 10.1. The molecule has 2 heterocycles. The van der Waals surface area contributed by atoms with Gasteiger partial charge in [0.25, 0.3) is 0 Å². The standard InChI is InChI=1S/C21H34N4O2.HI/c1-4-22-20(25-11-9-21(16-25)10-13-26-17-21)23-15-18-7-5-6-8-19(18)27-14-12-24(2)3;/h5-8H,4,9-17H2,1-3H3,(H,22,23);1H. The Labute approximate surface area is 186 Å². The molecule has 28 heavy (non-hydrogen) atoms. The van der Waals surface area contributed by atoms with Crippen LogP contribution in [0.4, 0.5) is 0 Å². The molecule has 3 rings (SSSR count). The second-order valence-electron chi connectivity index (χ2n) is 7.90. The van der Waals surface area contributed by atoms with Crippen LogP contribution in [0.1, 0.15) is 25.3 Å². The highest BCUT2D eigenvalue weighted by Gasteiger charge is 2.42. The number of hydrogen-bond donors (Lipinski definition) is 1. The number of benzene rings is 1. The van der Waals surface area contributed by atoms with Gasteiger partial charge in [-0.2, -0.15) is 0 Å². The van der Waals surface area contributed by atoms with Gasteiger partial charge >= 0.3 is 0 Å². The summed E-state index contributed by atoms with van der Waals surface area (Å²) in [7, 11) is 4.11. The molecular weight excluding hydrogens is 467 g/mol. The van der Waals surface area contributed by atoms with Crippen LogP contribution in [0.5, 0.6) is 5.75 Å². The van der Waals surface area contributed by atoms with Gasteiger partial charge in [0.2, 0.25) is 0 Å². The third-order valence-electron chi connectivity index (χ3n) is 5.43. The molecule has 2 fully saturated rings. The minimum Gasteiger partial charge on any atom is -0.492 e. The van der Waals surface area contributed by atoms with Crippen molar-refractivity contribution in [1.29, 1.82) is 0 Å². The zero-order valence-corrected chi connectivity index (χ0v) is 19.8. The number of aliphatic imine (C=N–C) groups is 1. The molecule has 158 valence electrons. The Morgan fingerprint density at radius 2 is 2.14 bits per heavy atom. The van der Waals surface area contributed by atoms with Crippen LogP contribution in [-0.4, -0.2) is 75.9 Å². The number of hydrogen-bond acceptors (Lipinski definition) is 4. The van der Waals surface area contributed by atoms with Crippen LogP contribution in [0.3, 0.4) is 0 Å². The van der Waals surface area contributed by atoms with Crippen molar-refractivity contribution in [2.75, 3.05) is 60.1 Å². The van der Waals surface area contributed by atoms with Gasteiger partial charge in [-0.1, -0.05) is 18.2 Å². The fourth-order valence-corrected chi connectivity index (χ4v) is 3.79. The van der Waals surface area contributed by atoms with E-state index in [0.29, 0.717) is 18.6 Å². The summed E-state index contributed by atoms with van der Waals surface area (Å²) < 4.78 is 11.6. The number of halogens is 1. The molecule has 0 aliphatic carbocycles. The summed E-state index contributed by atoms with van der Waals surface area (Å²) in [6, 6.07) is 8.22. The van der Waals surface area contributed by atoms with Gasteiger partial charge in [-0.15, -0.1) is 24.0 Å². The lowest BCUT2D eigenvalue weighted by atomic mass is 9.87. The van der Waals surface area contributed by atoms with Gasteiger partial charge in [0.1, 0.15) is 12.4 Å². The predicted molar refractivity (Wildman–Crippen MR) is 125 cm³/mol. The van der Waals surface area contributed by atoms with E-state index in [0.717, 1.165) is 56.7 Å². The van der Waals surface area contributed by atoms with Crippen LogP contribution < -0.4 is 10.1 Å². The van der Waals surface area contributed by atoms with Gasteiger partial charge in [-0.25, -0.2) is 4.99 Å². The summed E-state index contributed by atoms with van der Waals surface area (Å²) in [6.45, 7) is 9.10. The maximum atomic E-state index is 5.98. The third kappa shape index (κ3) is 6.22. The maximum Gasteiger partial charge on any atom is 0.194 e. The lowest BCUT2D eigenvalue weighted by molar-refractivity contribution is 0.156. The van der Waals surface area contributed by atoms with Crippen molar-refractivity contribution in [2.24, 2.45) is 10.4 Å². The van der Waals surface area contributed by atoms with E-state index in [1.54, 1.807) is 0 Å². The van der Waals surface area contributed by atoms with Crippen molar-refractivity contribution in [2.45, 2.75) is 26.3 Å². The zero-order chi connectivity index (χ0) is 19.1. The highest BCUT2D eigenvalue weighted by atomic mass is 127. The van der Waals surface area contributed by atoms with Crippen molar-refractivity contribution < 1.29 is 9.47 Å². The topological polar surface area (TPSA) is 49.3 Å². The molecule has 0 aromatic heterocycles. The molecule has 1 aromatic carbocycles. The van der Waals surface area contributed by atoms with E-state index in [1.807, 2.05) is 12.1 Å². The van der Waals surface area contributed by atoms with Crippen molar-refractivity contribution in [3.05, 3.63) is 29.8 Å². The minimum absolute atomic E-state index is 0. The lowest BCUT2D eigenvalue weighted by Crippen LogP contribution is -2.41. The van der Waals surface area contributed by atoms with E-state index in [-0.39, 0.29) is 24.0 Å². The second-order valence-corrected chi connectivity index (χ2v) is 7.90. The highest BCUT2D eigenvalue weighted by Crippen LogP contribution is 2.38. The smallest absolute Gasteiger partial charge is 0.194 e. The SMILES string of the molecule is CCNC(=NCc1ccccc1OCCN(C)C)N1CCC2(CCOC2)C1.I. The average Bonchev–Trinajstić information content (AvgIpc) is 3.29. The monoisotopic (exact) mass is 502 g/mol. The van der Waals surface area contributed by atoms with E-state index in [2.05, 4.69) is 48.3 Å². The maximum absolute atomic E-state index is 5.98. The summed E-state index contributed by atoms with van der Waals surface area (Å²) in [6.07, 6.45) is 2.37. The summed E-state index contributed by atoms with van der Waals surface area (Å²) >= 11 is 0. The van der Waals surface area contributed by atoms with Gasteiger partial charge in [0, 0.05) is 43.8 Å². The first kappa shape index (κ1) is 23.2. The highest BCUT2D eigenvalue weighted by molar-refractivity contribution is 14.0. The van der Waals surface area contributed by atoms with E-state index >= 15 is 0 Å². The zero-order valence-electron chi connectivity index (χ0n) is 17.4. The molecule has 7 heteroatoms. The Morgan fingerprint density at radius 1 is 1.32 bits per heavy atom. The predicted octanol–water partition coefficient (Wildman–Crippen LogP) is 2.82. The molecule has 0 bridgehead atoms. The van der Waals surface area contributed by atoms with Gasteiger partial charge in [0.15, 0.2) is 5.96 Å². The number of likely N-dealkylation sites (tertiary alicyclic amines) is 1. The lowest BCUT2D eigenvalue weighted by Gasteiger charge is -2.25. The Morgan fingerprint density at radius 3 is 2.86 bits per heavy atom. The van der Waals surface area contributed by atoms with Gasteiger partial charge in [0.05, 0.1) is 13.2 Å². The molecule has 1 aromatic rings. The molecule has 6 nitrogen and oxygen atoms in total. The summed E-state index contributed by atoms with van der Waals surface area (Å²) in [5, 5.41) is 3.47. The molecule has 1 unspecified atom stereocenters. The molecule has 0 radical (unpaired) electrons. The summed E-state index contributed by atoms with van der Waals surface area (Å²) in [4.78, 5) is 9.45. The third-order valence-corrected chi connectivity index (χ3v) is 5.43. The fourth-order valence-electron chi connectivity index (χ4n) is 3.79. The Bertz CT molecular complexity index is 633. The Kier molecular flexibility index (Phi) is 9.30. The van der Waals surface area contributed by atoms with Crippen LogP contribution in [0.15, 0.2) is 29.3 Å². The molecule has 1 N–H and O–H groups in total. The molecule has 2 saturated heterocycles. The number of para-hydroxylation sites is 1. The summed E-state index contributed by atoms with van der Waals surface area (Å²) in [5.41, 5.74) is 1.47. The van der Waals surface area contributed by atoms with E-state index in [4.69, 9.17) is 14.5 Å².